The maximum atomic E-state index is 12.5. The molecule has 1 amide bonds. The summed E-state index contributed by atoms with van der Waals surface area (Å²) >= 11 is 5.92. The minimum absolute atomic E-state index is 0.0128. The molecule has 1 aromatic heterocycles. The van der Waals surface area contributed by atoms with Crippen molar-refractivity contribution in [1.29, 1.82) is 0 Å². The first-order valence-corrected chi connectivity index (χ1v) is 7.18. The van der Waals surface area contributed by atoms with Gasteiger partial charge in [0.05, 0.1) is 6.10 Å². The highest BCUT2D eigenvalue weighted by atomic mass is 35.5. The van der Waals surface area contributed by atoms with E-state index in [0.29, 0.717) is 17.7 Å². The molecule has 0 unspecified atom stereocenters. The number of aromatic nitrogens is 1. The first-order valence-electron chi connectivity index (χ1n) is 6.80. The zero-order chi connectivity index (χ0) is 15.6. The third kappa shape index (κ3) is 3.51. The van der Waals surface area contributed by atoms with Crippen LogP contribution >= 0.6 is 11.6 Å². The van der Waals surface area contributed by atoms with Crippen molar-refractivity contribution >= 4 is 23.5 Å². The van der Waals surface area contributed by atoms with Crippen molar-refractivity contribution in [3.63, 3.8) is 0 Å². The van der Waals surface area contributed by atoms with Crippen LogP contribution in [-0.2, 0) is 11.2 Å². The van der Waals surface area contributed by atoms with E-state index in [1.807, 2.05) is 6.92 Å². The first kappa shape index (κ1) is 15.7. The maximum Gasteiger partial charge on any atom is 0.326 e. The number of carboxylic acids is 1. The number of carbonyl (C=O) groups excluding carboxylic acids is 1. The van der Waals surface area contributed by atoms with Gasteiger partial charge >= 0.3 is 5.97 Å². The van der Waals surface area contributed by atoms with Gasteiger partial charge in [-0.25, -0.2) is 9.78 Å². The summed E-state index contributed by atoms with van der Waals surface area (Å²) in [6.45, 7) is 2.00. The Hall–Kier alpha value is -1.66. The molecule has 7 heteroatoms. The molecule has 21 heavy (non-hydrogen) atoms. The lowest BCUT2D eigenvalue weighted by molar-refractivity contribution is -0.141. The largest absolute Gasteiger partial charge is 0.480 e. The van der Waals surface area contributed by atoms with Gasteiger partial charge in [0.15, 0.2) is 0 Å². The number of aryl methyl sites for hydroxylation is 1. The average molecular weight is 313 g/mol. The van der Waals surface area contributed by atoms with Crippen molar-refractivity contribution in [2.75, 3.05) is 6.54 Å². The molecule has 0 spiro atoms. The van der Waals surface area contributed by atoms with E-state index in [1.165, 1.54) is 11.0 Å². The molecular weight excluding hydrogens is 296 g/mol. The predicted molar refractivity (Wildman–Crippen MR) is 76.3 cm³/mol. The van der Waals surface area contributed by atoms with Gasteiger partial charge in [-0.15, -0.1) is 0 Å². The van der Waals surface area contributed by atoms with Crippen LogP contribution in [0.1, 0.15) is 35.8 Å². The minimum Gasteiger partial charge on any atom is -0.480 e. The molecule has 114 valence electrons. The molecule has 2 heterocycles. The van der Waals surface area contributed by atoms with Crippen molar-refractivity contribution in [1.82, 2.24) is 9.88 Å². The fraction of sp³-hybridized carbons (Fsp3) is 0.500. The van der Waals surface area contributed by atoms with Crippen LogP contribution in [0.3, 0.4) is 0 Å². The number of rotatable bonds is 4. The van der Waals surface area contributed by atoms with Crippen molar-refractivity contribution < 1.29 is 19.8 Å². The quantitative estimate of drug-likeness (QED) is 0.819. The molecule has 0 saturated carbocycles. The lowest BCUT2D eigenvalue weighted by Crippen LogP contribution is -2.40. The number of halogens is 1. The van der Waals surface area contributed by atoms with Gasteiger partial charge in [0.1, 0.15) is 11.2 Å². The fourth-order valence-corrected chi connectivity index (χ4v) is 2.72. The molecule has 1 fully saturated rings. The molecule has 2 N–H and O–H groups in total. The molecule has 6 nitrogen and oxygen atoms in total. The van der Waals surface area contributed by atoms with Gasteiger partial charge in [-0.2, -0.15) is 0 Å². The van der Waals surface area contributed by atoms with Gasteiger partial charge in [0.2, 0.25) is 0 Å². The number of pyridine rings is 1. The SMILES string of the molecule is CCCc1cc(C(=O)N2C[C@H](O)C[C@@H]2C(=O)O)cc(Cl)n1. The summed E-state index contributed by atoms with van der Waals surface area (Å²) < 4.78 is 0. The molecule has 1 aromatic rings. The number of nitrogens with zero attached hydrogens (tertiary/aromatic N) is 2. The van der Waals surface area contributed by atoms with E-state index in [4.69, 9.17) is 16.7 Å². The maximum absolute atomic E-state index is 12.5. The molecule has 1 aliphatic rings. The lowest BCUT2D eigenvalue weighted by Gasteiger charge is -2.21. The van der Waals surface area contributed by atoms with Crippen LogP contribution in [0.15, 0.2) is 12.1 Å². The molecule has 1 aliphatic heterocycles. The summed E-state index contributed by atoms with van der Waals surface area (Å²) in [7, 11) is 0. The van der Waals surface area contributed by atoms with E-state index in [2.05, 4.69) is 4.98 Å². The zero-order valence-electron chi connectivity index (χ0n) is 11.6. The van der Waals surface area contributed by atoms with E-state index in [9.17, 15) is 14.7 Å². The summed E-state index contributed by atoms with van der Waals surface area (Å²) in [6, 6.07) is 2.04. The topological polar surface area (TPSA) is 90.7 Å². The molecule has 2 rings (SSSR count). The Morgan fingerprint density at radius 3 is 2.81 bits per heavy atom. The zero-order valence-corrected chi connectivity index (χ0v) is 12.4. The summed E-state index contributed by atoms with van der Waals surface area (Å²) in [5, 5.41) is 19.0. The standard InChI is InChI=1S/C14H17ClN2O4/c1-2-3-9-4-8(5-12(15)16-9)13(19)17-7-10(18)6-11(17)14(20)21/h4-5,10-11,18H,2-3,6-7H2,1H3,(H,20,21)/t10-,11-/m1/s1. The number of hydrogen-bond donors (Lipinski definition) is 2. The Balaban J connectivity index is 2.28. The molecule has 0 aliphatic carbocycles. The van der Waals surface area contributed by atoms with Gasteiger partial charge in [-0.1, -0.05) is 24.9 Å². The number of carbonyl (C=O) groups is 2. The molecule has 0 aromatic carbocycles. The number of aliphatic hydroxyl groups excluding tert-OH is 1. The molecule has 0 bridgehead atoms. The van der Waals surface area contributed by atoms with E-state index < -0.39 is 24.0 Å². The van der Waals surface area contributed by atoms with Gasteiger partial charge in [0.25, 0.3) is 5.91 Å². The second kappa shape index (κ2) is 6.41. The highest BCUT2D eigenvalue weighted by Crippen LogP contribution is 2.22. The van der Waals surface area contributed by atoms with Crippen molar-refractivity contribution in [3.05, 3.63) is 28.5 Å². The van der Waals surface area contributed by atoms with Gasteiger partial charge in [-0.3, -0.25) is 4.79 Å². The molecule has 0 radical (unpaired) electrons. The van der Waals surface area contributed by atoms with Gasteiger partial charge in [-0.05, 0) is 18.6 Å². The van der Waals surface area contributed by atoms with Crippen molar-refractivity contribution in [2.24, 2.45) is 0 Å². The second-order valence-electron chi connectivity index (χ2n) is 5.12. The number of amides is 1. The average Bonchev–Trinajstić information content (AvgIpc) is 2.80. The van der Waals surface area contributed by atoms with Crippen LogP contribution in [0, 0.1) is 0 Å². The van der Waals surface area contributed by atoms with E-state index in [1.54, 1.807) is 6.07 Å². The first-order chi connectivity index (χ1) is 9.92. The Kier molecular flexibility index (Phi) is 4.80. The smallest absolute Gasteiger partial charge is 0.326 e. The number of β-amino-alcohol motifs (C(OH)–C–C–N with tert-alkyl or cyclic N) is 1. The Labute approximate surface area is 127 Å². The summed E-state index contributed by atoms with van der Waals surface area (Å²) in [4.78, 5) is 29.0. The molecule has 2 atom stereocenters. The lowest BCUT2D eigenvalue weighted by atomic mass is 10.1. The number of aliphatic hydroxyl groups is 1. The Morgan fingerprint density at radius 2 is 2.19 bits per heavy atom. The monoisotopic (exact) mass is 312 g/mol. The summed E-state index contributed by atoms with van der Waals surface area (Å²) in [6.07, 6.45) is 0.775. The van der Waals surface area contributed by atoms with Crippen LogP contribution < -0.4 is 0 Å². The number of likely N-dealkylation sites (tertiary alicyclic amines) is 1. The Bertz CT molecular complexity index is 564. The predicted octanol–water partition coefficient (Wildman–Crippen LogP) is 1.35. The van der Waals surface area contributed by atoms with Crippen LogP contribution in [-0.4, -0.2) is 50.7 Å². The third-order valence-electron chi connectivity index (χ3n) is 3.43. The van der Waals surface area contributed by atoms with E-state index in [-0.39, 0.29) is 18.1 Å². The molecule has 1 saturated heterocycles. The third-order valence-corrected chi connectivity index (χ3v) is 3.62. The minimum atomic E-state index is -1.12. The van der Waals surface area contributed by atoms with Gasteiger partial charge < -0.3 is 15.1 Å². The fourth-order valence-electron chi connectivity index (χ4n) is 2.50. The Morgan fingerprint density at radius 1 is 1.48 bits per heavy atom. The highest BCUT2D eigenvalue weighted by Gasteiger charge is 2.39. The van der Waals surface area contributed by atoms with E-state index in [0.717, 1.165) is 6.42 Å². The van der Waals surface area contributed by atoms with Crippen LogP contribution in [0.25, 0.3) is 0 Å². The number of carboxylic acid groups (broad SMARTS) is 1. The normalized spacial score (nSPS) is 21.6. The van der Waals surface area contributed by atoms with Gasteiger partial charge in [0, 0.05) is 24.2 Å². The van der Waals surface area contributed by atoms with Crippen LogP contribution in [0.5, 0.6) is 0 Å². The van der Waals surface area contributed by atoms with Crippen LogP contribution in [0.2, 0.25) is 5.15 Å². The van der Waals surface area contributed by atoms with Crippen molar-refractivity contribution in [2.45, 2.75) is 38.3 Å². The highest BCUT2D eigenvalue weighted by molar-refractivity contribution is 6.29. The number of aliphatic carboxylic acids is 1. The van der Waals surface area contributed by atoms with Crippen LogP contribution in [0.4, 0.5) is 0 Å². The second-order valence-corrected chi connectivity index (χ2v) is 5.51. The number of hydrogen-bond acceptors (Lipinski definition) is 4. The van der Waals surface area contributed by atoms with Crippen molar-refractivity contribution in [3.8, 4) is 0 Å². The summed E-state index contributed by atoms with van der Waals surface area (Å²) in [5.74, 6) is -1.56. The van der Waals surface area contributed by atoms with E-state index >= 15 is 0 Å². The summed E-state index contributed by atoms with van der Waals surface area (Å²) in [5.41, 5.74) is 0.999. The molecular formula is C14H17ClN2O4.